The van der Waals surface area contributed by atoms with Gasteiger partial charge < -0.3 is 15.3 Å². The van der Waals surface area contributed by atoms with E-state index in [1.807, 2.05) is 19.0 Å². The van der Waals surface area contributed by atoms with Gasteiger partial charge in [0.25, 0.3) is 0 Å². The molecule has 0 aliphatic rings. The SMILES string of the molecule is CNCc1cc(F)ccc1N(C)CCC(C)O. The van der Waals surface area contributed by atoms with Crippen LogP contribution in [-0.4, -0.2) is 31.9 Å². The number of benzene rings is 1. The highest BCUT2D eigenvalue weighted by molar-refractivity contribution is 5.53. The van der Waals surface area contributed by atoms with Gasteiger partial charge in [-0.15, -0.1) is 0 Å². The minimum Gasteiger partial charge on any atom is -0.393 e. The van der Waals surface area contributed by atoms with Crippen molar-refractivity contribution in [2.45, 2.75) is 26.0 Å². The van der Waals surface area contributed by atoms with E-state index in [-0.39, 0.29) is 11.9 Å². The fourth-order valence-electron chi connectivity index (χ4n) is 1.76. The lowest BCUT2D eigenvalue weighted by Gasteiger charge is -2.23. The van der Waals surface area contributed by atoms with E-state index >= 15 is 0 Å². The molecule has 0 bridgehead atoms. The van der Waals surface area contributed by atoms with Crippen LogP contribution in [-0.2, 0) is 6.54 Å². The second-order valence-corrected chi connectivity index (χ2v) is 4.36. The maximum atomic E-state index is 13.2. The molecule has 1 aromatic rings. The van der Waals surface area contributed by atoms with Crippen molar-refractivity contribution >= 4 is 5.69 Å². The molecule has 1 rings (SSSR count). The Bertz CT molecular complexity index is 355. The zero-order valence-corrected chi connectivity index (χ0v) is 10.7. The second-order valence-electron chi connectivity index (χ2n) is 4.36. The third kappa shape index (κ3) is 4.32. The first-order valence-electron chi connectivity index (χ1n) is 5.86. The van der Waals surface area contributed by atoms with Crippen LogP contribution in [0.3, 0.4) is 0 Å². The molecule has 0 amide bonds. The molecule has 2 N–H and O–H groups in total. The molecule has 0 aromatic heterocycles. The van der Waals surface area contributed by atoms with E-state index in [2.05, 4.69) is 5.32 Å². The van der Waals surface area contributed by atoms with E-state index in [1.54, 1.807) is 19.1 Å². The minimum atomic E-state index is -0.314. The third-order valence-electron chi connectivity index (χ3n) is 2.70. The number of hydrogen-bond donors (Lipinski definition) is 2. The summed E-state index contributed by atoms with van der Waals surface area (Å²) in [5.74, 6) is -0.220. The molecular weight excluding hydrogens is 219 g/mol. The quantitative estimate of drug-likeness (QED) is 0.795. The van der Waals surface area contributed by atoms with Crippen molar-refractivity contribution in [3.8, 4) is 0 Å². The normalized spacial score (nSPS) is 12.5. The lowest BCUT2D eigenvalue weighted by atomic mass is 10.1. The summed E-state index contributed by atoms with van der Waals surface area (Å²) in [6.45, 7) is 3.15. The average Bonchev–Trinajstić information content (AvgIpc) is 2.26. The van der Waals surface area contributed by atoms with Crippen molar-refractivity contribution in [2.75, 3.05) is 25.5 Å². The summed E-state index contributed by atoms with van der Waals surface area (Å²) in [4.78, 5) is 2.04. The van der Waals surface area contributed by atoms with Crippen molar-refractivity contribution in [3.63, 3.8) is 0 Å². The van der Waals surface area contributed by atoms with Crippen molar-refractivity contribution < 1.29 is 9.50 Å². The molecule has 17 heavy (non-hydrogen) atoms. The number of anilines is 1. The molecule has 1 unspecified atom stereocenters. The number of aliphatic hydroxyl groups excluding tert-OH is 1. The van der Waals surface area contributed by atoms with Crippen molar-refractivity contribution in [1.82, 2.24) is 5.32 Å². The van der Waals surface area contributed by atoms with Crippen LogP contribution in [0.2, 0.25) is 0 Å². The van der Waals surface area contributed by atoms with Gasteiger partial charge in [0.05, 0.1) is 6.10 Å². The summed E-state index contributed by atoms with van der Waals surface area (Å²) in [6, 6.07) is 4.79. The molecule has 0 radical (unpaired) electrons. The molecule has 0 aliphatic carbocycles. The summed E-state index contributed by atoms with van der Waals surface area (Å²) in [6.07, 6.45) is 0.387. The van der Waals surface area contributed by atoms with E-state index in [0.29, 0.717) is 13.0 Å². The predicted octanol–water partition coefficient (Wildman–Crippen LogP) is 1.75. The number of nitrogens with zero attached hydrogens (tertiary/aromatic N) is 1. The Morgan fingerprint density at radius 1 is 1.47 bits per heavy atom. The number of rotatable bonds is 6. The van der Waals surface area contributed by atoms with E-state index in [1.165, 1.54) is 6.07 Å². The Labute approximate surface area is 102 Å². The highest BCUT2D eigenvalue weighted by atomic mass is 19.1. The fraction of sp³-hybridized carbons (Fsp3) is 0.538. The Morgan fingerprint density at radius 2 is 2.18 bits per heavy atom. The van der Waals surface area contributed by atoms with Crippen LogP contribution in [0.4, 0.5) is 10.1 Å². The maximum Gasteiger partial charge on any atom is 0.123 e. The lowest BCUT2D eigenvalue weighted by molar-refractivity contribution is 0.187. The standard InChI is InChI=1S/C13H21FN2O/c1-10(17)6-7-16(3)13-5-4-12(14)8-11(13)9-15-2/h4-5,8,10,15,17H,6-7,9H2,1-3H3. The van der Waals surface area contributed by atoms with Gasteiger partial charge in [-0.2, -0.15) is 0 Å². The molecule has 0 heterocycles. The summed E-state index contributed by atoms with van der Waals surface area (Å²) in [5.41, 5.74) is 1.93. The second kappa shape index (κ2) is 6.57. The Balaban J connectivity index is 2.80. The number of nitrogens with one attached hydrogen (secondary N) is 1. The van der Waals surface area contributed by atoms with Gasteiger partial charge in [-0.05, 0) is 44.2 Å². The fourth-order valence-corrected chi connectivity index (χ4v) is 1.76. The van der Waals surface area contributed by atoms with Crippen molar-refractivity contribution in [2.24, 2.45) is 0 Å². The molecule has 3 nitrogen and oxygen atoms in total. The predicted molar refractivity (Wildman–Crippen MR) is 68.7 cm³/mol. The summed E-state index contributed by atoms with van der Waals surface area (Å²) >= 11 is 0. The molecule has 0 aliphatic heterocycles. The van der Waals surface area contributed by atoms with Crippen LogP contribution in [0.1, 0.15) is 18.9 Å². The van der Waals surface area contributed by atoms with Gasteiger partial charge in [0.1, 0.15) is 5.82 Å². The Morgan fingerprint density at radius 3 is 2.76 bits per heavy atom. The zero-order valence-electron chi connectivity index (χ0n) is 10.7. The molecule has 4 heteroatoms. The van der Waals surface area contributed by atoms with Gasteiger partial charge in [-0.1, -0.05) is 0 Å². The van der Waals surface area contributed by atoms with Gasteiger partial charge >= 0.3 is 0 Å². The molecule has 0 saturated heterocycles. The molecule has 96 valence electrons. The van der Waals surface area contributed by atoms with Crippen molar-refractivity contribution in [1.29, 1.82) is 0 Å². The summed E-state index contributed by atoms with van der Waals surface area (Å²) in [7, 11) is 3.79. The molecule has 1 aromatic carbocycles. The van der Waals surface area contributed by atoms with Crippen LogP contribution in [0.15, 0.2) is 18.2 Å². The van der Waals surface area contributed by atoms with Crippen molar-refractivity contribution in [3.05, 3.63) is 29.6 Å². The Hall–Kier alpha value is -1.13. The summed E-state index contributed by atoms with van der Waals surface area (Å²) < 4.78 is 13.2. The molecular formula is C13H21FN2O. The first-order valence-corrected chi connectivity index (χ1v) is 5.86. The Kier molecular flexibility index (Phi) is 5.38. The molecule has 0 fully saturated rings. The number of halogens is 1. The molecule has 1 atom stereocenters. The largest absolute Gasteiger partial charge is 0.393 e. The third-order valence-corrected chi connectivity index (χ3v) is 2.70. The number of hydrogen-bond acceptors (Lipinski definition) is 3. The number of aliphatic hydroxyl groups is 1. The highest BCUT2D eigenvalue weighted by Crippen LogP contribution is 2.21. The first kappa shape index (κ1) is 13.9. The molecule has 0 saturated carbocycles. The summed E-state index contributed by atoms with van der Waals surface area (Å²) in [5, 5.41) is 12.3. The van der Waals surface area contributed by atoms with Crippen LogP contribution >= 0.6 is 0 Å². The average molecular weight is 240 g/mol. The van der Waals surface area contributed by atoms with Gasteiger partial charge in [0.15, 0.2) is 0 Å². The lowest BCUT2D eigenvalue weighted by Crippen LogP contribution is -2.23. The molecule has 0 spiro atoms. The van der Waals surface area contributed by atoms with Crippen LogP contribution in [0.5, 0.6) is 0 Å². The van der Waals surface area contributed by atoms with Gasteiger partial charge in [0.2, 0.25) is 0 Å². The van der Waals surface area contributed by atoms with E-state index < -0.39 is 0 Å². The first-order chi connectivity index (χ1) is 8.04. The maximum absolute atomic E-state index is 13.2. The van der Waals surface area contributed by atoms with E-state index in [0.717, 1.165) is 17.8 Å². The smallest absolute Gasteiger partial charge is 0.123 e. The van der Waals surface area contributed by atoms with Gasteiger partial charge in [-0.25, -0.2) is 4.39 Å². The monoisotopic (exact) mass is 240 g/mol. The van der Waals surface area contributed by atoms with Crippen LogP contribution in [0.25, 0.3) is 0 Å². The minimum absolute atomic E-state index is 0.220. The van der Waals surface area contributed by atoms with Gasteiger partial charge in [-0.3, -0.25) is 0 Å². The van der Waals surface area contributed by atoms with E-state index in [9.17, 15) is 9.50 Å². The van der Waals surface area contributed by atoms with Gasteiger partial charge in [0, 0.05) is 25.8 Å². The topological polar surface area (TPSA) is 35.5 Å². The zero-order chi connectivity index (χ0) is 12.8. The van der Waals surface area contributed by atoms with Crippen LogP contribution < -0.4 is 10.2 Å². The van der Waals surface area contributed by atoms with Crippen LogP contribution in [0, 0.1) is 5.82 Å². The highest BCUT2D eigenvalue weighted by Gasteiger charge is 2.09. The van der Waals surface area contributed by atoms with E-state index in [4.69, 9.17) is 0 Å².